The monoisotopic (exact) mass is 262 g/mol. The average molecular weight is 262 g/mol. The third kappa shape index (κ3) is 2.50. The summed E-state index contributed by atoms with van der Waals surface area (Å²) >= 11 is 0. The molecule has 1 N–H and O–H groups in total. The van der Waals surface area contributed by atoms with Crippen molar-refractivity contribution in [2.24, 2.45) is 0 Å². The molecule has 0 spiro atoms. The fraction of sp³-hybridized carbons (Fsp3) is 0.333. The van der Waals surface area contributed by atoms with Gasteiger partial charge in [-0.15, -0.1) is 0 Å². The molecule has 0 amide bonds. The number of hydrogen-bond donors (Lipinski definition) is 1. The van der Waals surface area contributed by atoms with Crippen molar-refractivity contribution in [3.05, 3.63) is 27.6 Å². The molecule has 0 atom stereocenters. The van der Waals surface area contributed by atoms with Crippen molar-refractivity contribution in [3.8, 4) is 5.75 Å². The Kier molecular flexibility index (Phi) is 4.08. The molecule has 98 valence electrons. The zero-order chi connectivity index (χ0) is 13.9. The van der Waals surface area contributed by atoms with E-state index in [4.69, 9.17) is 0 Å². The van der Waals surface area contributed by atoms with Crippen molar-refractivity contribution in [2.45, 2.75) is 13.3 Å². The number of alkyl halides is 2. The summed E-state index contributed by atoms with van der Waals surface area (Å²) in [6.07, 6.45) is -2.69. The van der Waals surface area contributed by atoms with Crippen molar-refractivity contribution in [2.75, 3.05) is 6.61 Å². The van der Waals surface area contributed by atoms with Crippen LogP contribution in [-0.2, 0) is 4.74 Å². The Morgan fingerprint density at radius 2 is 2.28 bits per heavy atom. The van der Waals surface area contributed by atoms with Crippen LogP contribution in [0.15, 0.2) is 6.20 Å². The molecule has 0 saturated heterocycles. The van der Waals surface area contributed by atoms with Crippen LogP contribution < -0.4 is 0 Å². The van der Waals surface area contributed by atoms with Gasteiger partial charge in [0.2, 0.25) is 0 Å². The summed E-state index contributed by atoms with van der Waals surface area (Å²) in [4.78, 5) is 24.1. The topological polar surface area (TPSA) is 103 Å². The lowest BCUT2D eigenvalue weighted by Gasteiger charge is -2.08. The van der Waals surface area contributed by atoms with Gasteiger partial charge in [-0.25, -0.2) is 18.6 Å². The fourth-order valence-electron chi connectivity index (χ4n) is 1.21. The molecular formula is C9H8F2N2O5. The first-order valence-electron chi connectivity index (χ1n) is 4.71. The third-order valence-electron chi connectivity index (χ3n) is 1.94. The van der Waals surface area contributed by atoms with E-state index in [9.17, 15) is 28.8 Å². The van der Waals surface area contributed by atoms with Crippen LogP contribution in [0.5, 0.6) is 5.75 Å². The Bertz CT molecular complexity index is 492. The first kappa shape index (κ1) is 13.7. The molecular weight excluding hydrogens is 254 g/mol. The molecule has 0 radical (unpaired) electrons. The Morgan fingerprint density at radius 1 is 1.67 bits per heavy atom. The van der Waals surface area contributed by atoms with Crippen LogP contribution in [0.2, 0.25) is 0 Å². The molecule has 1 aromatic heterocycles. The summed E-state index contributed by atoms with van der Waals surface area (Å²) in [5.74, 6) is -2.50. The van der Waals surface area contributed by atoms with Crippen LogP contribution in [0.4, 0.5) is 14.5 Å². The van der Waals surface area contributed by atoms with Crippen LogP contribution in [0.25, 0.3) is 0 Å². The van der Waals surface area contributed by atoms with E-state index < -0.39 is 40.0 Å². The molecule has 0 saturated carbocycles. The van der Waals surface area contributed by atoms with Crippen LogP contribution in [0.1, 0.15) is 29.4 Å². The van der Waals surface area contributed by atoms with E-state index in [1.54, 1.807) is 0 Å². The minimum Gasteiger partial charge on any atom is -0.505 e. The van der Waals surface area contributed by atoms with Gasteiger partial charge >= 0.3 is 11.7 Å². The zero-order valence-corrected chi connectivity index (χ0v) is 9.09. The number of aromatic hydroxyl groups is 1. The summed E-state index contributed by atoms with van der Waals surface area (Å²) in [5.41, 5.74) is -2.92. The van der Waals surface area contributed by atoms with E-state index in [1.807, 2.05) is 0 Å². The standard InChI is InChI=1S/C9H8F2N2O5/c1-2-18-9(15)5-4(13(16)17)3-12-6(7(5)14)8(10)11/h3,8,14H,2H2,1H3. The number of pyridine rings is 1. The Labute approximate surface area is 99.2 Å². The van der Waals surface area contributed by atoms with Crippen molar-refractivity contribution >= 4 is 11.7 Å². The van der Waals surface area contributed by atoms with E-state index in [2.05, 4.69) is 9.72 Å². The van der Waals surface area contributed by atoms with Crippen LogP contribution in [-0.4, -0.2) is 27.6 Å². The van der Waals surface area contributed by atoms with Gasteiger partial charge in [-0.3, -0.25) is 10.1 Å². The number of rotatable bonds is 4. The SMILES string of the molecule is CCOC(=O)c1c([N+](=O)[O-])cnc(C(F)F)c1O. The van der Waals surface area contributed by atoms with Crippen LogP contribution in [0, 0.1) is 10.1 Å². The third-order valence-corrected chi connectivity index (χ3v) is 1.94. The lowest BCUT2D eigenvalue weighted by atomic mass is 10.1. The summed E-state index contributed by atoms with van der Waals surface area (Å²) in [6.45, 7) is 1.30. The largest absolute Gasteiger partial charge is 0.505 e. The molecule has 0 aliphatic heterocycles. The minimum absolute atomic E-state index is 0.123. The number of aromatic nitrogens is 1. The maximum Gasteiger partial charge on any atom is 0.349 e. The minimum atomic E-state index is -3.17. The van der Waals surface area contributed by atoms with Gasteiger partial charge in [0.25, 0.3) is 6.43 Å². The fourth-order valence-corrected chi connectivity index (χ4v) is 1.21. The smallest absolute Gasteiger partial charge is 0.349 e. The molecule has 7 nitrogen and oxygen atoms in total. The molecule has 18 heavy (non-hydrogen) atoms. The van der Waals surface area contributed by atoms with Gasteiger partial charge in [-0.1, -0.05) is 0 Å². The molecule has 0 aromatic carbocycles. The van der Waals surface area contributed by atoms with Crippen molar-refractivity contribution in [1.29, 1.82) is 0 Å². The van der Waals surface area contributed by atoms with Gasteiger partial charge in [0.1, 0.15) is 11.9 Å². The van der Waals surface area contributed by atoms with Gasteiger partial charge in [0.05, 0.1) is 11.5 Å². The highest BCUT2D eigenvalue weighted by molar-refractivity contribution is 5.97. The molecule has 0 aliphatic carbocycles. The van der Waals surface area contributed by atoms with Crippen LogP contribution >= 0.6 is 0 Å². The number of ether oxygens (including phenoxy) is 1. The summed E-state index contributed by atoms with van der Waals surface area (Å²) < 4.78 is 29.3. The summed E-state index contributed by atoms with van der Waals surface area (Å²) in [7, 11) is 0. The average Bonchev–Trinajstić information content (AvgIpc) is 2.27. The zero-order valence-electron chi connectivity index (χ0n) is 9.09. The number of hydrogen-bond acceptors (Lipinski definition) is 6. The number of esters is 1. The molecule has 0 aliphatic rings. The molecule has 0 fully saturated rings. The van der Waals surface area contributed by atoms with Crippen molar-refractivity contribution < 1.29 is 28.3 Å². The van der Waals surface area contributed by atoms with E-state index in [0.717, 1.165) is 0 Å². The number of nitrogens with zero attached hydrogens (tertiary/aromatic N) is 2. The van der Waals surface area contributed by atoms with Crippen molar-refractivity contribution in [1.82, 2.24) is 4.98 Å². The number of halogens is 2. The van der Waals surface area contributed by atoms with E-state index in [1.165, 1.54) is 6.92 Å². The predicted octanol–water partition coefficient (Wildman–Crippen LogP) is 1.81. The molecule has 9 heteroatoms. The number of carbonyl (C=O) groups excluding carboxylic acids is 1. The Hall–Kier alpha value is -2.32. The van der Waals surface area contributed by atoms with Crippen molar-refractivity contribution in [3.63, 3.8) is 0 Å². The number of nitro groups is 1. The Balaban J connectivity index is 3.45. The first-order valence-corrected chi connectivity index (χ1v) is 4.71. The Morgan fingerprint density at radius 3 is 2.72 bits per heavy atom. The van der Waals surface area contributed by atoms with Gasteiger partial charge in [-0.05, 0) is 6.92 Å². The predicted molar refractivity (Wildman–Crippen MR) is 53.5 cm³/mol. The first-order chi connectivity index (χ1) is 8.40. The van der Waals surface area contributed by atoms with Gasteiger partial charge in [0.15, 0.2) is 11.3 Å². The lowest BCUT2D eigenvalue weighted by molar-refractivity contribution is -0.385. The van der Waals surface area contributed by atoms with E-state index in [-0.39, 0.29) is 6.61 Å². The summed E-state index contributed by atoms with van der Waals surface area (Å²) in [6, 6.07) is 0. The molecule has 0 unspecified atom stereocenters. The molecule has 1 heterocycles. The quantitative estimate of drug-likeness (QED) is 0.504. The normalized spacial score (nSPS) is 10.4. The molecule has 0 bridgehead atoms. The number of carbonyl (C=O) groups is 1. The van der Waals surface area contributed by atoms with Crippen LogP contribution in [0.3, 0.4) is 0 Å². The van der Waals surface area contributed by atoms with Gasteiger partial charge < -0.3 is 9.84 Å². The van der Waals surface area contributed by atoms with Gasteiger partial charge in [0, 0.05) is 0 Å². The van der Waals surface area contributed by atoms with E-state index in [0.29, 0.717) is 6.20 Å². The second kappa shape index (κ2) is 5.34. The second-order valence-corrected chi connectivity index (χ2v) is 3.03. The lowest BCUT2D eigenvalue weighted by Crippen LogP contribution is -2.10. The maximum absolute atomic E-state index is 12.4. The highest BCUT2D eigenvalue weighted by atomic mass is 19.3. The molecule has 1 aromatic rings. The summed E-state index contributed by atoms with van der Waals surface area (Å²) in [5, 5.41) is 20.1. The van der Waals surface area contributed by atoms with E-state index >= 15 is 0 Å². The maximum atomic E-state index is 12.4. The molecule has 1 rings (SSSR count). The van der Waals surface area contributed by atoms with Gasteiger partial charge in [-0.2, -0.15) is 0 Å². The highest BCUT2D eigenvalue weighted by Gasteiger charge is 2.31. The highest BCUT2D eigenvalue weighted by Crippen LogP contribution is 2.34. The second-order valence-electron chi connectivity index (χ2n) is 3.03.